The molecule has 0 heterocycles. The van der Waals surface area contributed by atoms with Crippen molar-refractivity contribution in [3.8, 4) is 17.2 Å². The first kappa shape index (κ1) is 23.8. The molecule has 2 amide bonds. The third-order valence-electron chi connectivity index (χ3n) is 4.13. The molecule has 0 aliphatic heterocycles. The van der Waals surface area contributed by atoms with E-state index in [1.54, 1.807) is 0 Å². The predicted molar refractivity (Wildman–Crippen MR) is 120 cm³/mol. The average molecular weight is 493 g/mol. The van der Waals surface area contributed by atoms with E-state index in [1.807, 2.05) is 0 Å². The smallest absolute Gasteiger partial charge is 0.312 e. The number of amides is 2. The molecule has 33 heavy (non-hydrogen) atoms. The number of carbonyl (C=O) groups excluding carboxylic acids is 2. The van der Waals surface area contributed by atoms with E-state index in [2.05, 4.69) is 10.6 Å². The Morgan fingerprint density at radius 3 is 2.15 bits per heavy atom. The SMILES string of the molecule is O=C(O)CC(=O)Nc1cc(Cl)c(Oc2ccc(O)c(C(=O)Nc3ccc(F)cc3)c2)c(Cl)c1. The fourth-order valence-electron chi connectivity index (χ4n) is 2.68. The van der Waals surface area contributed by atoms with E-state index in [0.717, 1.165) is 0 Å². The summed E-state index contributed by atoms with van der Waals surface area (Å²) < 4.78 is 18.7. The van der Waals surface area contributed by atoms with E-state index in [-0.39, 0.29) is 38.5 Å². The Morgan fingerprint density at radius 1 is 0.909 bits per heavy atom. The van der Waals surface area contributed by atoms with Gasteiger partial charge in [-0.25, -0.2) is 4.39 Å². The fraction of sp³-hybridized carbons (Fsp3) is 0.0455. The van der Waals surface area contributed by atoms with Gasteiger partial charge in [-0.3, -0.25) is 14.4 Å². The van der Waals surface area contributed by atoms with Gasteiger partial charge in [0, 0.05) is 11.4 Å². The van der Waals surface area contributed by atoms with Gasteiger partial charge in [-0.2, -0.15) is 0 Å². The maximum Gasteiger partial charge on any atom is 0.312 e. The number of phenols is 1. The van der Waals surface area contributed by atoms with Crippen LogP contribution in [0.2, 0.25) is 10.0 Å². The molecule has 0 aliphatic carbocycles. The van der Waals surface area contributed by atoms with E-state index >= 15 is 0 Å². The molecule has 3 aromatic rings. The van der Waals surface area contributed by atoms with Crippen LogP contribution in [0.25, 0.3) is 0 Å². The highest BCUT2D eigenvalue weighted by Gasteiger charge is 2.17. The molecule has 0 aromatic heterocycles. The number of ether oxygens (including phenoxy) is 1. The summed E-state index contributed by atoms with van der Waals surface area (Å²) in [6, 6.07) is 11.6. The molecule has 0 saturated heterocycles. The minimum atomic E-state index is -1.30. The Kier molecular flexibility index (Phi) is 7.37. The summed E-state index contributed by atoms with van der Waals surface area (Å²) in [5.74, 6) is -3.40. The van der Waals surface area contributed by atoms with Crippen molar-refractivity contribution in [1.82, 2.24) is 0 Å². The number of phenolic OH excluding ortho intramolecular Hbond substituents is 1. The maximum absolute atomic E-state index is 13.0. The molecular formula is C22H15Cl2FN2O6. The van der Waals surface area contributed by atoms with Crippen molar-refractivity contribution in [2.75, 3.05) is 10.6 Å². The zero-order chi connectivity index (χ0) is 24.1. The monoisotopic (exact) mass is 492 g/mol. The standard InChI is InChI=1S/C22H15Cl2FN2O6/c23-16-7-13(26-19(29)10-20(30)31)8-17(24)21(16)33-14-5-6-18(28)15(9-14)22(32)27-12-3-1-11(25)2-4-12/h1-9,28H,10H2,(H,26,29)(H,27,32)(H,30,31). The Labute approximate surface area is 196 Å². The number of hydrogen-bond acceptors (Lipinski definition) is 5. The van der Waals surface area contributed by atoms with Crippen LogP contribution in [0.5, 0.6) is 17.2 Å². The van der Waals surface area contributed by atoms with Gasteiger partial charge < -0.3 is 25.6 Å². The summed E-state index contributed by atoms with van der Waals surface area (Å²) in [5.41, 5.74) is 0.356. The first-order chi connectivity index (χ1) is 15.6. The number of rotatable bonds is 7. The van der Waals surface area contributed by atoms with E-state index in [0.29, 0.717) is 5.69 Å². The van der Waals surface area contributed by atoms with Gasteiger partial charge in [0.25, 0.3) is 5.91 Å². The topological polar surface area (TPSA) is 125 Å². The lowest BCUT2D eigenvalue weighted by Gasteiger charge is -2.13. The Balaban J connectivity index is 1.79. The molecule has 0 saturated carbocycles. The predicted octanol–water partition coefficient (Wildman–Crippen LogP) is 5.30. The van der Waals surface area contributed by atoms with Crippen molar-refractivity contribution < 1.29 is 33.7 Å². The van der Waals surface area contributed by atoms with Crippen LogP contribution in [-0.2, 0) is 9.59 Å². The second kappa shape index (κ2) is 10.2. The highest BCUT2D eigenvalue weighted by molar-refractivity contribution is 6.37. The number of aromatic hydroxyl groups is 1. The number of hydrogen-bond donors (Lipinski definition) is 4. The van der Waals surface area contributed by atoms with Gasteiger partial charge in [-0.15, -0.1) is 0 Å². The number of carboxylic acid groups (broad SMARTS) is 1. The molecule has 0 aliphatic rings. The largest absolute Gasteiger partial charge is 0.507 e. The van der Waals surface area contributed by atoms with E-state index in [9.17, 15) is 23.9 Å². The van der Waals surface area contributed by atoms with Gasteiger partial charge in [0.1, 0.15) is 23.7 Å². The second-order valence-corrected chi connectivity index (χ2v) is 7.44. The molecule has 11 heteroatoms. The zero-order valence-corrected chi connectivity index (χ0v) is 18.1. The molecule has 3 aromatic carbocycles. The third kappa shape index (κ3) is 6.34. The zero-order valence-electron chi connectivity index (χ0n) is 16.6. The van der Waals surface area contributed by atoms with Gasteiger partial charge in [0.15, 0.2) is 5.75 Å². The number of anilines is 2. The Hall–Kier alpha value is -3.82. The number of benzene rings is 3. The van der Waals surface area contributed by atoms with Crippen LogP contribution in [0.1, 0.15) is 16.8 Å². The van der Waals surface area contributed by atoms with Crippen LogP contribution in [0.15, 0.2) is 54.6 Å². The van der Waals surface area contributed by atoms with Crippen molar-refractivity contribution in [2.24, 2.45) is 0 Å². The van der Waals surface area contributed by atoms with E-state index in [4.69, 9.17) is 33.0 Å². The minimum Gasteiger partial charge on any atom is -0.507 e. The van der Waals surface area contributed by atoms with Crippen molar-refractivity contribution in [1.29, 1.82) is 0 Å². The third-order valence-corrected chi connectivity index (χ3v) is 4.69. The lowest BCUT2D eigenvalue weighted by molar-refractivity contribution is -0.139. The molecule has 4 N–H and O–H groups in total. The number of halogens is 3. The maximum atomic E-state index is 13.0. The summed E-state index contributed by atoms with van der Waals surface area (Å²) >= 11 is 12.4. The number of carboxylic acids is 1. The van der Waals surface area contributed by atoms with Gasteiger partial charge >= 0.3 is 5.97 Å². The molecule has 170 valence electrons. The summed E-state index contributed by atoms with van der Waals surface area (Å²) in [6.45, 7) is 0. The highest BCUT2D eigenvalue weighted by atomic mass is 35.5. The van der Waals surface area contributed by atoms with Crippen LogP contribution >= 0.6 is 23.2 Å². The van der Waals surface area contributed by atoms with Gasteiger partial charge in [-0.05, 0) is 54.6 Å². The number of carbonyl (C=O) groups is 3. The average Bonchev–Trinajstić information content (AvgIpc) is 2.72. The van der Waals surface area contributed by atoms with Crippen molar-refractivity contribution in [3.63, 3.8) is 0 Å². The Morgan fingerprint density at radius 2 is 1.55 bits per heavy atom. The lowest BCUT2D eigenvalue weighted by atomic mass is 10.1. The first-order valence-corrected chi connectivity index (χ1v) is 9.96. The van der Waals surface area contributed by atoms with Crippen molar-refractivity contribution >= 4 is 52.4 Å². The van der Waals surface area contributed by atoms with Gasteiger partial charge in [0.2, 0.25) is 5.91 Å². The van der Waals surface area contributed by atoms with Gasteiger partial charge in [-0.1, -0.05) is 23.2 Å². The molecule has 0 radical (unpaired) electrons. The summed E-state index contributed by atoms with van der Waals surface area (Å²) in [6.07, 6.45) is -0.732. The fourth-order valence-corrected chi connectivity index (χ4v) is 3.25. The normalized spacial score (nSPS) is 10.4. The van der Waals surface area contributed by atoms with Crippen LogP contribution < -0.4 is 15.4 Å². The molecule has 0 spiro atoms. The molecule has 0 bridgehead atoms. The second-order valence-electron chi connectivity index (χ2n) is 6.63. The summed E-state index contributed by atoms with van der Waals surface area (Å²) in [7, 11) is 0. The molecule has 3 rings (SSSR count). The van der Waals surface area contributed by atoms with Crippen LogP contribution in [0, 0.1) is 5.82 Å². The van der Waals surface area contributed by atoms with E-state index < -0.39 is 30.0 Å². The first-order valence-electron chi connectivity index (χ1n) is 9.21. The van der Waals surface area contributed by atoms with Crippen molar-refractivity contribution in [3.05, 3.63) is 76.0 Å². The highest BCUT2D eigenvalue weighted by Crippen LogP contribution is 2.39. The van der Waals surface area contributed by atoms with Crippen LogP contribution in [0.4, 0.5) is 15.8 Å². The minimum absolute atomic E-state index is 0.00138. The van der Waals surface area contributed by atoms with Crippen molar-refractivity contribution in [2.45, 2.75) is 6.42 Å². The lowest BCUT2D eigenvalue weighted by Crippen LogP contribution is -2.15. The molecular weight excluding hydrogens is 478 g/mol. The van der Waals surface area contributed by atoms with Crippen LogP contribution in [-0.4, -0.2) is 28.0 Å². The molecule has 0 atom stereocenters. The number of aliphatic carboxylic acids is 1. The molecule has 0 unspecified atom stereocenters. The van der Waals surface area contributed by atoms with Gasteiger partial charge in [0.05, 0.1) is 15.6 Å². The molecule has 8 nitrogen and oxygen atoms in total. The quantitative estimate of drug-likeness (QED) is 0.332. The Bertz CT molecular complexity index is 1210. The number of nitrogens with one attached hydrogen (secondary N) is 2. The van der Waals surface area contributed by atoms with E-state index in [1.165, 1.54) is 54.6 Å². The summed E-state index contributed by atoms with van der Waals surface area (Å²) in [4.78, 5) is 34.8. The molecule has 0 fully saturated rings. The summed E-state index contributed by atoms with van der Waals surface area (Å²) in [5, 5.41) is 23.6. The van der Waals surface area contributed by atoms with Crippen LogP contribution in [0.3, 0.4) is 0 Å².